The van der Waals surface area contributed by atoms with E-state index >= 15 is 0 Å². The number of nitrogens with one attached hydrogen (secondary N) is 1. The highest BCUT2D eigenvalue weighted by Crippen LogP contribution is 2.38. The second kappa shape index (κ2) is 4.26. The van der Waals surface area contributed by atoms with Crippen LogP contribution in [0.1, 0.15) is 21.9 Å². The summed E-state index contributed by atoms with van der Waals surface area (Å²) in [7, 11) is 0. The Balaban J connectivity index is 2.10. The van der Waals surface area contributed by atoms with Gasteiger partial charge in [0, 0.05) is 35.5 Å². The minimum absolute atomic E-state index is 0.119. The number of hydrogen-bond donors (Lipinski definition) is 3. The first-order valence-electron chi connectivity index (χ1n) is 5.65. The first-order chi connectivity index (χ1) is 8.66. The maximum atomic E-state index is 13.9. The number of halogens is 1. The molecule has 1 unspecified atom stereocenters. The zero-order chi connectivity index (χ0) is 12.7. The number of aromatic hydroxyl groups is 2. The van der Waals surface area contributed by atoms with Crippen molar-refractivity contribution >= 4 is 11.3 Å². The maximum absolute atomic E-state index is 13.9. The van der Waals surface area contributed by atoms with Gasteiger partial charge in [0.25, 0.3) is 0 Å². The van der Waals surface area contributed by atoms with Crippen LogP contribution < -0.4 is 5.32 Å². The van der Waals surface area contributed by atoms with Crippen molar-refractivity contribution < 1.29 is 14.6 Å². The van der Waals surface area contributed by atoms with Crippen LogP contribution in [0.3, 0.4) is 0 Å². The molecular formula is C13H12FNO2S. The van der Waals surface area contributed by atoms with E-state index in [1.165, 1.54) is 10.9 Å². The van der Waals surface area contributed by atoms with E-state index in [9.17, 15) is 14.6 Å². The van der Waals surface area contributed by atoms with E-state index < -0.39 is 11.6 Å². The summed E-state index contributed by atoms with van der Waals surface area (Å²) in [6, 6.07) is 4.27. The minimum Gasteiger partial charge on any atom is -0.504 e. The van der Waals surface area contributed by atoms with Gasteiger partial charge in [-0.25, -0.2) is 4.39 Å². The molecule has 2 aromatic rings. The van der Waals surface area contributed by atoms with E-state index in [1.807, 2.05) is 11.4 Å². The van der Waals surface area contributed by atoms with Crippen LogP contribution in [0.2, 0.25) is 0 Å². The summed E-state index contributed by atoms with van der Waals surface area (Å²) >= 11 is 1.64. The summed E-state index contributed by atoms with van der Waals surface area (Å²) in [6.07, 6.45) is 0. The first-order valence-corrected chi connectivity index (χ1v) is 6.53. The Morgan fingerprint density at radius 1 is 1.22 bits per heavy atom. The molecule has 1 aliphatic heterocycles. The maximum Gasteiger partial charge on any atom is 0.160 e. The summed E-state index contributed by atoms with van der Waals surface area (Å²) in [4.78, 5) is 1.19. The van der Waals surface area contributed by atoms with Crippen molar-refractivity contribution in [1.29, 1.82) is 0 Å². The van der Waals surface area contributed by atoms with Crippen molar-refractivity contribution in [2.24, 2.45) is 0 Å². The molecule has 3 rings (SSSR count). The number of thiophene rings is 1. The SMILES string of the molecule is Oc1cc(F)c(C2CNCc3sccc32)cc1O. The summed E-state index contributed by atoms with van der Waals surface area (Å²) in [5.41, 5.74) is 1.51. The third-order valence-electron chi connectivity index (χ3n) is 3.26. The molecule has 3 N–H and O–H groups in total. The summed E-state index contributed by atoms with van der Waals surface area (Å²) < 4.78 is 13.9. The summed E-state index contributed by atoms with van der Waals surface area (Å²) in [5.74, 6) is -1.32. The largest absolute Gasteiger partial charge is 0.504 e. The van der Waals surface area contributed by atoms with Crippen molar-refractivity contribution in [1.82, 2.24) is 5.32 Å². The Morgan fingerprint density at radius 2 is 2.00 bits per heavy atom. The molecule has 0 fully saturated rings. The molecule has 0 saturated heterocycles. The second-order valence-electron chi connectivity index (χ2n) is 4.35. The molecular weight excluding hydrogens is 253 g/mol. The van der Waals surface area contributed by atoms with Crippen LogP contribution in [0, 0.1) is 5.82 Å². The number of phenols is 2. The number of hydrogen-bond acceptors (Lipinski definition) is 4. The number of benzene rings is 1. The highest BCUT2D eigenvalue weighted by molar-refractivity contribution is 7.10. The van der Waals surface area contributed by atoms with Crippen LogP contribution in [0.25, 0.3) is 0 Å². The smallest absolute Gasteiger partial charge is 0.160 e. The van der Waals surface area contributed by atoms with Gasteiger partial charge in [0.1, 0.15) is 5.82 Å². The fourth-order valence-electron chi connectivity index (χ4n) is 2.36. The standard InChI is InChI=1S/C13H12FNO2S/c14-10-4-12(17)11(16)3-8(10)9-5-15-6-13-7(9)1-2-18-13/h1-4,9,15-17H,5-6H2. The molecule has 0 bridgehead atoms. The highest BCUT2D eigenvalue weighted by Gasteiger charge is 2.25. The molecule has 94 valence electrons. The van der Waals surface area contributed by atoms with Gasteiger partial charge in [0.05, 0.1) is 0 Å². The van der Waals surface area contributed by atoms with Crippen LogP contribution >= 0.6 is 11.3 Å². The molecule has 0 spiro atoms. The van der Waals surface area contributed by atoms with E-state index in [4.69, 9.17) is 0 Å². The topological polar surface area (TPSA) is 52.5 Å². The van der Waals surface area contributed by atoms with E-state index in [0.717, 1.165) is 18.2 Å². The number of rotatable bonds is 1. The minimum atomic E-state index is -0.490. The van der Waals surface area contributed by atoms with Crippen LogP contribution in [0.15, 0.2) is 23.6 Å². The lowest BCUT2D eigenvalue weighted by molar-refractivity contribution is 0.397. The third kappa shape index (κ3) is 1.76. The Bertz CT molecular complexity index is 597. The summed E-state index contributed by atoms with van der Waals surface area (Å²) in [5, 5.41) is 24.0. The van der Waals surface area contributed by atoms with Crippen molar-refractivity contribution in [3.05, 3.63) is 45.4 Å². The van der Waals surface area contributed by atoms with Gasteiger partial charge in [-0.05, 0) is 23.1 Å². The fraction of sp³-hybridized carbons (Fsp3) is 0.231. The highest BCUT2D eigenvalue weighted by atomic mass is 32.1. The lowest BCUT2D eigenvalue weighted by Gasteiger charge is -2.24. The quantitative estimate of drug-likeness (QED) is 0.694. The first kappa shape index (κ1) is 11.5. The van der Waals surface area contributed by atoms with Gasteiger partial charge in [-0.3, -0.25) is 0 Å². The van der Waals surface area contributed by atoms with Gasteiger partial charge in [0.2, 0.25) is 0 Å². The molecule has 5 heteroatoms. The Hall–Kier alpha value is -1.59. The average Bonchev–Trinajstić information content (AvgIpc) is 2.82. The lowest BCUT2D eigenvalue weighted by Crippen LogP contribution is -2.28. The average molecular weight is 265 g/mol. The van der Waals surface area contributed by atoms with Gasteiger partial charge >= 0.3 is 0 Å². The van der Waals surface area contributed by atoms with E-state index in [0.29, 0.717) is 12.1 Å². The predicted octanol–water partition coefficient (Wildman–Crippen LogP) is 2.53. The van der Waals surface area contributed by atoms with E-state index in [1.54, 1.807) is 11.3 Å². The molecule has 0 amide bonds. The van der Waals surface area contributed by atoms with Crippen LogP contribution in [0.5, 0.6) is 11.5 Å². The molecule has 1 aromatic heterocycles. The van der Waals surface area contributed by atoms with Gasteiger partial charge in [0.15, 0.2) is 11.5 Å². The second-order valence-corrected chi connectivity index (χ2v) is 5.35. The van der Waals surface area contributed by atoms with Crippen molar-refractivity contribution in [3.63, 3.8) is 0 Å². The molecule has 2 heterocycles. The van der Waals surface area contributed by atoms with Gasteiger partial charge in [-0.15, -0.1) is 11.3 Å². The molecule has 0 radical (unpaired) electrons. The van der Waals surface area contributed by atoms with Gasteiger partial charge < -0.3 is 15.5 Å². The van der Waals surface area contributed by atoms with E-state index in [-0.39, 0.29) is 11.7 Å². The Kier molecular flexibility index (Phi) is 2.72. The van der Waals surface area contributed by atoms with E-state index in [2.05, 4.69) is 5.32 Å². The molecule has 1 aliphatic rings. The Labute approximate surface area is 108 Å². The molecule has 1 atom stereocenters. The van der Waals surface area contributed by atoms with Crippen molar-refractivity contribution in [2.45, 2.75) is 12.5 Å². The zero-order valence-electron chi connectivity index (χ0n) is 9.48. The normalized spacial score (nSPS) is 18.6. The number of fused-ring (bicyclic) bond motifs is 1. The fourth-order valence-corrected chi connectivity index (χ4v) is 3.27. The zero-order valence-corrected chi connectivity index (χ0v) is 10.3. The predicted molar refractivity (Wildman–Crippen MR) is 67.6 cm³/mol. The van der Waals surface area contributed by atoms with Crippen LogP contribution in [-0.4, -0.2) is 16.8 Å². The lowest BCUT2D eigenvalue weighted by atomic mass is 9.89. The molecule has 0 saturated carbocycles. The molecule has 1 aromatic carbocycles. The van der Waals surface area contributed by atoms with Crippen LogP contribution in [0.4, 0.5) is 4.39 Å². The van der Waals surface area contributed by atoms with Gasteiger partial charge in [-0.1, -0.05) is 0 Å². The molecule has 0 aliphatic carbocycles. The van der Waals surface area contributed by atoms with Crippen LogP contribution in [-0.2, 0) is 6.54 Å². The van der Waals surface area contributed by atoms with Gasteiger partial charge in [-0.2, -0.15) is 0 Å². The summed E-state index contributed by atoms with van der Waals surface area (Å²) in [6.45, 7) is 1.43. The van der Waals surface area contributed by atoms with Crippen molar-refractivity contribution in [2.75, 3.05) is 6.54 Å². The third-order valence-corrected chi connectivity index (χ3v) is 4.20. The molecule has 3 nitrogen and oxygen atoms in total. The van der Waals surface area contributed by atoms with Crippen molar-refractivity contribution in [3.8, 4) is 11.5 Å². The molecule has 18 heavy (non-hydrogen) atoms. The number of phenolic OH excluding ortho intramolecular Hbond substituents is 2. The Morgan fingerprint density at radius 3 is 2.83 bits per heavy atom. The monoisotopic (exact) mass is 265 g/mol.